The third-order valence-corrected chi connectivity index (χ3v) is 4.01. The number of para-hydroxylation sites is 1. The lowest BCUT2D eigenvalue weighted by atomic mass is 9.93. The highest BCUT2D eigenvalue weighted by atomic mass is 19.3. The Balaban J connectivity index is 1.74. The van der Waals surface area contributed by atoms with E-state index in [1.54, 1.807) is 0 Å². The smallest absolute Gasteiger partial charge is 0.387 e. The average Bonchev–Trinajstić information content (AvgIpc) is 2.59. The van der Waals surface area contributed by atoms with Crippen molar-refractivity contribution in [1.82, 2.24) is 0 Å². The molecule has 1 aliphatic heterocycles. The zero-order valence-corrected chi connectivity index (χ0v) is 13.2. The van der Waals surface area contributed by atoms with E-state index in [1.807, 2.05) is 24.3 Å². The van der Waals surface area contributed by atoms with Crippen LogP contribution < -0.4 is 14.8 Å². The van der Waals surface area contributed by atoms with Gasteiger partial charge < -0.3 is 14.8 Å². The number of ether oxygens (including phenoxy) is 2. The molecular formula is C17H16F2N2O4. The van der Waals surface area contributed by atoms with Gasteiger partial charge in [-0.25, -0.2) is 0 Å². The van der Waals surface area contributed by atoms with Crippen LogP contribution in [0.5, 0.6) is 11.5 Å². The van der Waals surface area contributed by atoms with Crippen LogP contribution in [0.25, 0.3) is 0 Å². The zero-order valence-electron chi connectivity index (χ0n) is 13.2. The normalized spacial score (nSPS) is 16.0. The van der Waals surface area contributed by atoms with Crippen LogP contribution >= 0.6 is 0 Å². The second-order valence-electron chi connectivity index (χ2n) is 5.57. The van der Waals surface area contributed by atoms with Crippen LogP contribution in [0, 0.1) is 10.1 Å². The van der Waals surface area contributed by atoms with Crippen molar-refractivity contribution in [3.8, 4) is 11.5 Å². The lowest BCUT2D eigenvalue weighted by molar-refractivity contribution is -0.386. The van der Waals surface area contributed by atoms with Gasteiger partial charge in [-0.2, -0.15) is 8.78 Å². The maximum atomic E-state index is 12.5. The predicted molar refractivity (Wildman–Crippen MR) is 87.5 cm³/mol. The Labute approximate surface area is 142 Å². The van der Waals surface area contributed by atoms with Gasteiger partial charge in [0.25, 0.3) is 0 Å². The van der Waals surface area contributed by atoms with Crippen LogP contribution in [-0.4, -0.2) is 24.7 Å². The number of fused-ring (bicyclic) bond motifs is 1. The first-order valence-electron chi connectivity index (χ1n) is 7.73. The first-order valence-corrected chi connectivity index (χ1v) is 7.73. The number of nitrogens with one attached hydrogen (secondary N) is 1. The molecule has 1 aliphatic rings. The highest BCUT2D eigenvalue weighted by molar-refractivity contribution is 5.58. The van der Waals surface area contributed by atoms with Crippen molar-refractivity contribution in [2.75, 3.05) is 18.5 Å². The van der Waals surface area contributed by atoms with Gasteiger partial charge in [0.1, 0.15) is 5.75 Å². The molecule has 0 aromatic heterocycles. The van der Waals surface area contributed by atoms with Crippen molar-refractivity contribution in [3.05, 3.63) is 58.1 Å². The van der Waals surface area contributed by atoms with Crippen LogP contribution in [0.4, 0.5) is 20.2 Å². The van der Waals surface area contributed by atoms with Crippen molar-refractivity contribution in [2.45, 2.75) is 19.0 Å². The largest absolute Gasteiger partial charge is 0.493 e. The molecule has 8 heteroatoms. The van der Waals surface area contributed by atoms with Gasteiger partial charge in [-0.15, -0.1) is 0 Å². The average molecular weight is 350 g/mol. The van der Waals surface area contributed by atoms with Crippen LogP contribution in [0.2, 0.25) is 0 Å². The summed E-state index contributed by atoms with van der Waals surface area (Å²) in [5.41, 5.74) is 1.06. The summed E-state index contributed by atoms with van der Waals surface area (Å²) in [6.45, 7) is -1.98. The first kappa shape index (κ1) is 16.9. The Bertz CT molecular complexity index is 770. The van der Waals surface area contributed by atoms with Gasteiger partial charge in [-0.3, -0.25) is 10.1 Å². The van der Waals surface area contributed by atoms with Crippen LogP contribution in [0.1, 0.15) is 17.9 Å². The van der Waals surface area contributed by atoms with Crippen LogP contribution in [-0.2, 0) is 0 Å². The Morgan fingerprint density at radius 3 is 2.88 bits per heavy atom. The molecule has 132 valence electrons. The predicted octanol–water partition coefficient (Wildman–Crippen LogP) is 4.17. The fourth-order valence-electron chi connectivity index (χ4n) is 2.83. The van der Waals surface area contributed by atoms with E-state index < -0.39 is 23.0 Å². The molecule has 0 amide bonds. The number of nitro benzene ring substituents is 1. The molecule has 1 heterocycles. The molecule has 2 aromatic rings. The van der Waals surface area contributed by atoms with Crippen LogP contribution in [0.15, 0.2) is 42.5 Å². The maximum Gasteiger partial charge on any atom is 0.387 e. The second kappa shape index (κ2) is 7.33. The van der Waals surface area contributed by atoms with Crippen molar-refractivity contribution >= 4 is 11.4 Å². The number of alkyl halides is 2. The van der Waals surface area contributed by atoms with E-state index in [0.717, 1.165) is 23.8 Å². The van der Waals surface area contributed by atoms with Gasteiger partial charge in [-0.05, 0) is 24.1 Å². The Hall–Kier alpha value is -2.90. The number of nitro groups is 1. The lowest BCUT2D eigenvalue weighted by Crippen LogP contribution is -2.20. The number of hydrogen-bond acceptors (Lipinski definition) is 5. The van der Waals surface area contributed by atoms with E-state index in [0.29, 0.717) is 18.8 Å². The number of anilines is 1. The molecule has 2 aromatic carbocycles. The molecule has 0 saturated carbocycles. The molecule has 6 nitrogen and oxygen atoms in total. The Morgan fingerprint density at radius 1 is 1.32 bits per heavy atom. The van der Waals surface area contributed by atoms with Gasteiger partial charge in [0.05, 0.1) is 11.5 Å². The molecule has 1 N–H and O–H groups in total. The molecule has 0 saturated heterocycles. The van der Waals surface area contributed by atoms with Gasteiger partial charge in [-0.1, -0.05) is 18.2 Å². The van der Waals surface area contributed by atoms with Crippen molar-refractivity contribution in [3.63, 3.8) is 0 Å². The Morgan fingerprint density at radius 2 is 2.12 bits per heavy atom. The van der Waals surface area contributed by atoms with Crippen LogP contribution in [0.3, 0.4) is 0 Å². The standard InChI is InChI=1S/C17H16F2N2O4/c18-17(19)25-16-9-12(5-6-14(16)21(22)23)20-10-11-7-8-24-15-4-2-1-3-13(11)15/h1-6,9,11,17,20H,7-8,10H2. The first-order chi connectivity index (χ1) is 12.0. The Kier molecular flexibility index (Phi) is 4.97. The summed E-state index contributed by atoms with van der Waals surface area (Å²) in [5, 5.41) is 14.0. The van der Waals surface area contributed by atoms with Gasteiger partial charge in [0.15, 0.2) is 0 Å². The van der Waals surface area contributed by atoms with E-state index >= 15 is 0 Å². The molecule has 0 bridgehead atoms. The molecule has 0 fully saturated rings. The van der Waals surface area contributed by atoms with E-state index in [2.05, 4.69) is 10.1 Å². The van der Waals surface area contributed by atoms with Crippen molar-refractivity contribution in [2.24, 2.45) is 0 Å². The summed E-state index contributed by atoms with van der Waals surface area (Å²) >= 11 is 0. The third kappa shape index (κ3) is 3.96. The fraction of sp³-hybridized carbons (Fsp3) is 0.294. The van der Waals surface area contributed by atoms with E-state index in [1.165, 1.54) is 12.1 Å². The SMILES string of the molecule is O=[N+]([O-])c1ccc(NCC2CCOc3ccccc32)cc1OC(F)F. The molecule has 3 rings (SSSR count). The summed E-state index contributed by atoms with van der Waals surface area (Å²) in [6.07, 6.45) is 0.817. The number of halogens is 2. The highest BCUT2D eigenvalue weighted by Gasteiger charge is 2.22. The minimum Gasteiger partial charge on any atom is -0.493 e. The van der Waals surface area contributed by atoms with E-state index in [9.17, 15) is 18.9 Å². The zero-order chi connectivity index (χ0) is 17.8. The molecule has 1 unspecified atom stereocenters. The van der Waals surface area contributed by atoms with Crippen molar-refractivity contribution < 1.29 is 23.2 Å². The van der Waals surface area contributed by atoms with E-state index in [4.69, 9.17) is 4.74 Å². The summed E-state index contributed by atoms with van der Waals surface area (Å²) in [5.74, 6) is 0.572. The molecule has 0 spiro atoms. The monoisotopic (exact) mass is 350 g/mol. The van der Waals surface area contributed by atoms with Gasteiger partial charge in [0.2, 0.25) is 5.75 Å². The van der Waals surface area contributed by atoms with Crippen molar-refractivity contribution in [1.29, 1.82) is 0 Å². The second-order valence-corrected chi connectivity index (χ2v) is 5.57. The third-order valence-electron chi connectivity index (χ3n) is 4.01. The topological polar surface area (TPSA) is 73.6 Å². The fourth-order valence-corrected chi connectivity index (χ4v) is 2.83. The highest BCUT2D eigenvalue weighted by Crippen LogP contribution is 2.35. The minimum absolute atomic E-state index is 0.194. The number of nitrogens with zero attached hydrogens (tertiary/aromatic N) is 1. The quantitative estimate of drug-likeness (QED) is 0.625. The minimum atomic E-state index is -3.13. The van der Waals surface area contributed by atoms with Gasteiger partial charge >= 0.3 is 12.3 Å². The maximum absolute atomic E-state index is 12.5. The molecule has 0 aliphatic carbocycles. The molecule has 0 radical (unpaired) electrons. The summed E-state index contributed by atoms with van der Waals surface area (Å²) < 4.78 is 34.8. The molecule has 1 atom stereocenters. The summed E-state index contributed by atoms with van der Waals surface area (Å²) in [7, 11) is 0. The van der Waals surface area contributed by atoms with Gasteiger partial charge in [0, 0.05) is 30.3 Å². The summed E-state index contributed by atoms with van der Waals surface area (Å²) in [6, 6.07) is 11.6. The molecular weight excluding hydrogens is 334 g/mol. The number of hydrogen-bond donors (Lipinski definition) is 1. The van der Waals surface area contributed by atoms with E-state index in [-0.39, 0.29) is 5.92 Å². The summed E-state index contributed by atoms with van der Waals surface area (Å²) in [4.78, 5) is 10.1. The lowest BCUT2D eigenvalue weighted by Gasteiger charge is -2.26. The number of benzene rings is 2. The molecule has 25 heavy (non-hydrogen) atoms. The number of rotatable bonds is 6.